The Labute approximate surface area is 122 Å². The van der Waals surface area contributed by atoms with E-state index in [1.807, 2.05) is 0 Å². The minimum absolute atomic E-state index is 0.239. The Morgan fingerprint density at radius 2 is 2.12 bits per heavy atom. The highest BCUT2D eigenvalue weighted by Crippen LogP contribution is 2.43. The van der Waals surface area contributed by atoms with Crippen LogP contribution in [0.2, 0.25) is 5.02 Å². The molecule has 1 rings (SSSR count). The summed E-state index contributed by atoms with van der Waals surface area (Å²) >= 11 is 11.4. The predicted molar refractivity (Wildman–Crippen MR) is 82.1 cm³/mol. The minimum atomic E-state index is 0.239. The van der Waals surface area contributed by atoms with E-state index >= 15 is 0 Å². The molecular formula is C13H21BrClNS. The summed E-state index contributed by atoms with van der Waals surface area (Å²) in [6.07, 6.45) is 2.29. The van der Waals surface area contributed by atoms with Gasteiger partial charge >= 0.3 is 0 Å². The van der Waals surface area contributed by atoms with Gasteiger partial charge in [0.05, 0.1) is 8.81 Å². The molecule has 98 valence electrons. The minimum Gasteiger partial charge on any atom is -0.309 e. The second kappa shape index (κ2) is 6.55. The van der Waals surface area contributed by atoms with E-state index in [9.17, 15) is 0 Å². The van der Waals surface area contributed by atoms with Gasteiger partial charge in [0.25, 0.3) is 0 Å². The maximum atomic E-state index is 6.14. The fraction of sp³-hybridized carbons (Fsp3) is 0.692. The van der Waals surface area contributed by atoms with Crippen LogP contribution in [0.4, 0.5) is 0 Å². The molecule has 1 nitrogen and oxygen atoms in total. The van der Waals surface area contributed by atoms with E-state index in [-0.39, 0.29) is 5.41 Å². The lowest BCUT2D eigenvalue weighted by Crippen LogP contribution is -2.33. The summed E-state index contributed by atoms with van der Waals surface area (Å²) in [6.45, 7) is 10.1. The Morgan fingerprint density at radius 3 is 2.53 bits per heavy atom. The zero-order valence-electron chi connectivity index (χ0n) is 10.9. The fourth-order valence-corrected chi connectivity index (χ4v) is 3.79. The molecule has 17 heavy (non-hydrogen) atoms. The van der Waals surface area contributed by atoms with Gasteiger partial charge in [-0.25, -0.2) is 0 Å². The first-order valence-electron chi connectivity index (χ1n) is 6.10. The van der Waals surface area contributed by atoms with Crippen molar-refractivity contribution in [2.45, 2.75) is 46.6 Å². The Morgan fingerprint density at radius 1 is 1.47 bits per heavy atom. The summed E-state index contributed by atoms with van der Waals surface area (Å²) in [6, 6.07) is 2.46. The molecular weight excluding hydrogens is 318 g/mol. The number of nitrogens with one attached hydrogen (secondary N) is 1. The molecule has 0 aromatic carbocycles. The van der Waals surface area contributed by atoms with E-state index in [4.69, 9.17) is 11.6 Å². The van der Waals surface area contributed by atoms with Crippen molar-refractivity contribution < 1.29 is 0 Å². The molecule has 0 amide bonds. The summed E-state index contributed by atoms with van der Waals surface area (Å²) in [5.74, 6) is 0. The SMILES string of the molecule is CCCNC(c1cc(Cl)c(Br)s1)C(C)(C)CC. The van der Waals surface area contributed by atoms with E-state index in [0.717, 1.165) is 28.2 Å². The third-order valence-corrected chi connectivity index (χ3v) is 5.78. The highest BCUT2D eigenvalue weighted by Gasteiger charge is 2.30. The van der Waals surface area contributed by atoms with Gasteiger partial charge in [0, 0.05) is 10.9 Å². The van der Waals surface area contributed by atoms with Crippen LogP contribution < -0.4 is 5.32 Å². The molecule has 4 heteroatoms. The Balaban J connectivity index is 2.97. The standard InChI is InChI=1S/C13H21BrClNS/c1-5-7-16-11(13(3,4)6-2)10-8-9(15)12(14)17-10/h8,11,16H,5-7H2,1-4H3. The second-order valence-corrected chi connectivity index (χ2v) is 7.81. The van der Waals surface area contributed by atoms with E-state index in [1.165, 1.54) is 4.88 Å². The Kier molecular flexibility index (Phi) is 5.97. The quantitative estimate of drug-likeness (QED) is 0.707. The zero-order valence-corrected chi connectivity index (χ0v) is 14.1. The number of hydrogen-bond acceptors (Lipinski definition) is 2. The summed E-state index contributed by atoms with van der Waals surface area (Å²) in [5.41, 5.74) is 0.239. The molecule has 0 aliphatic rings. The van der Waals surface area contributed by atoms with Gasteiger partial charge in [0.15, 0.2) is 0 Å². The normalized spacial score (nSPS) is 14.0. The van der Waals surface area contributed by atoms with E-state index in [0.29, 0.717) is 6.04 Å². The number of rotatable bonds is 6. The molecule has 0 saturated carbocycles. The maximum Gasteiger partial charge on any atom is 0.0888 e. The van der Waals surface area contributed by atoms with Gasteiger partial charge in [-0.15, -0.1) is 11.3 Å². The fourth-order valence-electron chi connectivity index (χ4n) is 1.76. The van der Waals surface area contributed by atoms with Crippen molar-refractivity contribution in [3.63, 3.8) is 0 Å². The first-order valence-corrected chi connectivity index (χ1v) is 8.09. The molecule has 1 N–H and O–H groups in total. The van der Waals surface area contributed by atoms with Crippen molar-refractivity contribution in [2.75, 3.05) is 6.54 Å². The highest BCUT2D eigenvalue weighted by atomic mass is 79.9. The van der Waals surface area contributed by atoms with Gasteiger partial charge in [0.2, 0.25) is 0 Å². The van der Waals surface area contributed by atoms with Gasteiger partial charge < -0.3 is 5.32 Å². The van der Waals surface area contributed by atoms with E-state index < -0.39 is 0 Å². The molecule has 1 unspecified atom stereocenters. The lowest BCUT2D eigenvalue weighted by Gasteiger charge is -2.33. The molecule has 0 spiro atoms. The van der Waals surface area contributed by atoms with Crippen LogP contribution in [0, 0.1) is 5.41 Å². The molecule has 1 aromatic heterocycles. The molecule has 0 fully saturated rings. The van der Waals surface area contributed by atoms with Crippen LogP contribution >= 0.6 is 38.9 Å². The first-order chi connectivity index (χ1) is 7.92. The first kappa shape index (κ1) is 15.5. The van der Waals surface area contributed by atoms with Gasteiger partial charge in [-0.05, 0) is 46.8 Å². The molecule has 1 aromatic rings. The number of thiophene rings is 1. The third kappa shape index (κ3) is 3.95. The van der Waals surface area contributed by atoms with Crippen molar-refractivity contribution in [3.05, 3.63) is 19.8 Å². The molecule has 0 radical (unpaired) electrons. The van der Waals surface area contributed by atoms with E-state index in [1.54, 1.807) is 11.3 Å². The van der Waals surface area contributed by atoms with Crippen molar-refractivity contribution in [3.8, 4) is 0 Å². The van der Waals surface area contributed by atoms with Crippen LogP contribution in [-0.4, -0.2) is 6.54 Å². The van der Waals surface area contributed by atoms with Gasteiger partial charge in [-0.2, -0.15) is 0 Å². The summed E-state index contributed by atoms with van der Waals surface area (Å²) in [5, 5.41) is 4.47. The average Bonchev–Trinajstić information content (AvgIpc) is 2.59. The van der Waals surface area contributed by atoms with Crippen LogP contribution in [-0.2, 0) is 0 Å². The van der Waals surface area contributed by atoms with Crippen LogP contribution in [0.3, 0.4) is 0 Å². The van der Waals surface area contributed by atoms with Gasteiger partial charge in [-0.3, -0.25) is 0 Å². The Hall–Kier alpha value is 0.430. The molecule has 0 saturated heterocycles. The lowest BCUT2D eigenvalue weighted by molar-refractivity contribution is 0.238. The summed E-state index contributed by atoms with van der Waals surface area (Å²) < 4.78 is 1.03. The van der Waals surface area contributed by atoms with Crippen LogP contribution in [0.15, 0.2) is 9.85 Å². The summed E-state index contributed by atoms with van der Waals surface area (Å²) in [7, 11) is 0. The van der Waals surface area contributed by atoms with Gasteiger partial charge in [-0.1, -0.05) is 39.3 Å². The van der Waals surface area contributed by atoms with Crippen molar-refractivity contribution in [1.82, 2.24) is 5.32 Å². The molecule has 0 aliphatic heterocycles. The van der Waals surface area contributed by atoms with Crippen molar-refractivity contribution in [1.29, 1.82) is 0 Å². The number of hydrogen-bond donors (Lipinski definition) is 1. The Bertz CT molecular complexity index is 343. The van der Waals surface area contributed by atoms with Crippen LogP contribution in [0.5, 0.6) is 0 Å². The molecule has 1 heterocycles. The van der Waals surface area contributed by atoms with E-state index in [2.05, 4.69) is 55.0 Å². The smallest absolute Gasteiger partial charge is 0.0888 e. The van der Waals surface area contributed by atoms with Crippen LogP contribution in [0.1, 0.15) is 51.5 Å². The van der Waals surface area contributed by atoms with Crippen molar-refractivity contribution in [2.24, 2.45) is 5.41 Å². The largest absolute Gasteiger partial charge is 0.309 e. The third-order valence-electron chi connectivity index (χ3n) is 3.24. The lowest BCUT2D eigenvalue weighted by atomic mass is 9.81. The highest BCUT2D eigenvalue weighted by molar-refractivity contribution is 9.11. The molecule has 1 atom stereocenters. The summed E-state index contributed by atoms with van der Waals surface area (Å²) in [4.78, 5) is 1.32. The number of halogens is 2. The monoisotopic (exact) mass is 337 g/mol. The van der Waals surface area contributed by atoms with Gasteiger partial charge in [0.1, 0.15) is 0 Å². The molecule has 0 aliphatic carbocycles. The maximum absolute atomic E-state index is 6.14. The van der Waals surface area contributed by atoms with Crippen LogP contribution in [0.25, 0.3) is 0 Å². The zero-order chi connectivity index (χ0) is 13.1. The second-order valence-electron chi connectivity index (χ2n) is 5.00. The molecule has 0 bridgehead atoms. The van der Waals surface area contributed by atoms with Crippen molar-refractivity contribution >= 4 is 38.9 Å². The topological polar surface area (TPSA) is 12.0 Å². The predicted octanol–water partition coefficient (Wildman–Crippen LogP) is 5.64. The average molecular weight is 339 g/mol.